The Morgan fingerprint density at radius 1 is 1.32 bits per heavy atom. The van der Waals surface area contributed by atoms with Crippen LogP contribution in [0.5, 0.6) is 0 Å². The Bertz CT molecular complexity index is 580. The second-order valence-corrected chi connectivity index (χ2v) is 5.87. The second-order valence-electron chi connectivity index (χ2n) is 4.54. The molecule has 0 heterocycles. The third kappa shape index (κ3) is 3.56. The number of nitrogens with two attached hydrogens (primary N) is 1. The molecule has 0 fully saturated rings. The molecular weight excluding hydrogens is 329 g/mol. The molecule has 100 valence electrons. The highest BCUT2D eigenvalue weighted by Crippen LogP contribution is 2.26. The molecular formula is C15H14BrClFN. The Kier molecular flexibility index (Phi) is 4.61. The van der Waals surface area contributed by atoms with Crippen molar-refractivity contribution in [3.8, 4) is 0 Å². The third-order valence-corrected chi connectivity index (χ3v) is 3.95. The highest BCUT2D eigenvalue weighted by Gasteiger charge is 2.12. The van der Waals surface area contributed by atoms with Crippen LogP contribution in [0.4, 0.5) is 4.39 Å². The van der Waals surface area contributed by atoms with Crippen LogP contribution in [0.2, 0.25) is 5.02 Å². The van der Waals surface area contributed by atoms with E-state index in [9.17, 15) is 4.39 Å². The van der Waals surface area contributed by atoms with Gasteiger partial charge in [-0.05, 0) is 54.3 Å². The van der Waals surface area contributed by atoms with Gasteiger partial charge in [0.05, 0.1) is 0 Å². The molecule has 0 aliphatic heterocycles. The molecule has 2 N–H and O–H groups in total. The van der Waals surface area contributed by atoms with E-state index in [0.29, 0.717) is 11.4 Å². The molecule has 19 heavy (non-hydrogen) atoms. The minimum Gasteiger partial charge on any atom is -0.324 e. The van der Waals surface area contributed by atoms with Crippen LogP contribution in [-0.4, -0.2) is 0 Å². The highest BCUT2D eigenvalue weighted by molar-refractivity contribution is 9.10. The zero-order chi connectivity index (χ0) is 14.0. The lowest BCUT2D eigenvalue weighted by atomic mass is 9.96. The van der Waals surface area contributed by atoms with E-state index in [0.717, 1.165) is 21.2 Å². The highest BCUT2D eigenvalue weighted by atomic mass is 79.9. The lowest BCUT2D eigenvalue weighted by molar-refractivity contribution is 0.621. The van der Waals surface area contributed by atoms with Gasteiger partial charge in [-0.15, -0.1) is 0 Å². The fourth-order valence-electron chi connectivity index (χ4n) is 2.12. The number of rotatable bonds is 3. The number of benzene rings is 2. The molecule has 0 amide bonds. The fourth-order valence-corrected chi connectivity index (χ4v) is 2.81. The van der Waals surface area contributed by atoms with Gasteiger partial charge in [0, 0.05) is 15.5 Å². The van der Waals surface area contributed by atoms with E-state index in [1.807, 2.05) is 31.2 Å². The van der Waals surface area contributed by atoms with Crippen LogP contribution in [-0.2, 0) is 6.42 Å². The van der Waals surface area contributed by atoms with Gasteiger partial charge in [0.2, 0.25) is 0 Å². The average Bonchev–Trinajstić information content (AvgIpc) is 2.31. The van der Waals surface area contributed by atoms with Crippen molar-refractivity contribution in [1.29, 1.82) is 0 Å². The summed E-state index contributed by atoms with van der Waals surface area (Å²) in [6, 6.07) is 10.3. The summed E-state index contributed by atoms with van der Waals surface area (Å²) in [6.45, 7) is 1.94. The van der Waals surface area contributed by atoms with Gasteiger partial charge in [-0.2, -0.15) is 0 Å². The molecule has 0 saturated heterocycles. The van der Waals surface area contributed by atoms with Crippen LogP contribution >= 0.6 is 27.5 Å². The fraction of sp³-hybridized carbons (Fsp3) is 0.200. The molecule has 1 nitrogen and oxygen atoms in total. The first-order valence-electron chi connectivity index (χ1n) is 5.93. The molecule has 0 aliphatic carbocycles. The second kappa shape index (κ2) is 6.04. The molecule has 2 aromatic rings. The molecule has 0 aromatic heterocycles. The van der Waals surface area contributed by atoms with E-state index in [-0.39, 0.29) is 11.9 Å². The van der Waals surface area contributed by atoms with Crippen LogP contribution in [0.15, 0.2) is 40.9 Å². The van der Waals surface area contributed by atoms with Gasteiger partial charge in [-0.1, -0.05) is 39.7 Å². The van der Waals surface area contributed by atoms with Crippen molar-refractivity contribution in [3.63, 3.8) is 0 Å². The van der Waals surface area contributed by atoms with Crippen molar-refractivity contribution in [2.24, 2.45) is 5.73 Å². The Morgan fingerprint density at radius 2 is 2.05 bits per heavy atom. The zero-order valence-electron chi connectivity index (χ0n) is 10.5. The summed E-state index contributed by atoms with van der Waals surface area (Å²) in [5.41, 5.74) is 9.03. The van der Waals surface area contributed by atoms with Crippen molar-refractivity contribution in [1.82, 2.24) is 0 Å². The van der Waals surface area contributed by atoms with Crippen molar-refractivity contribution in [3.05, 3.63) is 68.4 Å². The summed E-state index contributed by atoms with van der Waals surface area (Å²) in [4.78, 5) is 0. The van der Waals surface area contributed by atoms with Gasteiger partial charge in [-0.3, -0.25) is 0 Å². The van der Waals surface area contributed by atoms with Gasteiger partial charge in [0.15, 0.2) is 0 Å². The van der Waals surface area contributed by atoms with E-state index < -0.39 is 0 Å². The smallest absolute Gasteiger partial charge is 0.124 e. The van der Waals surface area contributed by atoms with Crippen molar-refractivity contribution in [2.75, 3.05) is 0 Å². The monoisotopic (exact) mass is 341 g/mol. The summed E-state index contributed by atoms with van der Waals surface area (Å²) >= 11 is 9.37. The lowest BCUT2D eigenvalue weighted by Crippen LogP contribution is -2.15. The summed E-state index contributed by atoms with van der Waals surface area (Å²) in [5, 5.41) is 0.702. The van der Waals surface area contributed by atoms with E-state index in [1.54, 1.807) is 0 Å². The molecule has 0 bridgehead atoms. The first kappa shape index (κ1) is 14.5. The molecule has 0 aliphatic rings. The third-order valence-electron chi connectivity index (χ3n) is 3.09. The molecule has 2 aromatic carbocycles. The molecule has 4 heteroatoms. The van der Waals surface area contributed by atoms with Gasteiger partial charge in [0.1, 0.15) is 5.82 Å². The average molecular weight is 343 g/mol. The van der Waals surface area contributed by atoms with Crippen molar-refractivity contribution < 1.29 is 4.39 Å². The Hall–Kier alpha value is -0.900. The molecule has 0 spiro atoms. The molecule has 0 saturated carbocycles. The minimum absolute atomic E-state index is 0.201. The van der Waals surface area contributed by atoms with Gasteiger partial charge in [0.25, 0.3) is 0 Å². The van der Waals surface area contributed by atoms with Gasteiger partial charge in [-0.25, -0.2) is 4.39 Å². The largest absolute Gasteiger partial charge is 0.324 e. The van der Waals surface area contributed by atoms with Crippen molar-refractivity contribution in [2.45, 2.75) is 19.4 Å². The van der Waals surface area contributed by atoms with E-state index >= 15 is 0 Å². The molecule has 1 atom stereocenters. The maximum absolute atomic E-state index is 13.3. The number of hydrogen-bond donors (Lipinski definition) is 1. The Morgan fingerprint density at radius 3 is 2.74 bits per heavy atom. The number of halogens is 3. The van der Waals surface area contributed by atoms with E-state index in [2.05, 4.69) is 15.9 Å². The van der Waals surface area contributed by atoms with Gasteiger partial charge >= 0.3 is 0 Å². The topological polar surface area (TPSA) is 26.0 Å². The summed E-state index contributed by atoms with van der Waals surface area (Å²) in [5.74, 6) is -0.264. The number of hydrogen-bond acceptors (Lipinski definition) is 1. The summed E-state index contributed by atoms with van der Waals surface area (Å²) in [6.07, 6.45) is 0.567. The van der Waals surface area contributed by atoms with E-state index in [1.165, 1.54) is 12.1 Å². The lowest BCUT2D eigenvalue weighted by Gasteiger charge is -2.16. The SMILES string of the molecule is Cc1c(Cl)cccc1C(N)Cc1cc(F)cc(Br)c1. The maximum Gasteiger partial charge on any atom is 0.124 e. The predicted molar refractivity (Wildman–Crippen MR) is 80.9 cm³/mol. The van der Waals surface area contributed by atoms with Crippen LogP contribution in [0.1, 0.15) is 22.7 Å². The standard InChI is InChI=1S/C15H14BrClFN/c1-9-13(3-2-4-14(9)17)15(19)7-10-5-11(16)8-12(18)6-10/h2-6,8,15H,7,19H2,1H3. The van der Waals surface area contributed by atoms with Gasteiger partial charge < -0.3 is 5.73 Å². The van der Waals surface area contributed by atoms with Crippen LogP contribution < -0.4 is 5.73 Å². The quantitative estimate of drug-likeness (QED) is 0.852. The summed E-state index contributed by atoms with van der Waals surface area (Å²) < 4.78 is 14.1. The normalized spacial score (nSPS) is 12.5. The molecule has 1 unspecified atom stereocenters. The van der Waals surface area contributed by atoms with Crippen LogP contribution in [0.25, 0.3) is 0 Å². The zero-order valence-corrected chi connectivity index (χ0v) is 12.8. The first-order valence-corrected chi connectivity index (χ1v) is 7.10. The van der Waals surface area contributed by atoms with E-state index in [4.69, 9.17) is 17.3 Å². The first-order chi connectivity index (χ1) is 8.97. The Balaban J connectivity index is 2.25. The van der Waals surface area contributed by atoms with Crippen molar-refractivity contribution >= 4 is 27.5 Å². The Labute approximate surface area is 125 Å². The molecule has 0 radical (unpaired) electrons. The molecule has 2 rings (SSSR count). The van der Waals surface area contributed by atoms with Crippen LogP contribution in [0.3, 0.4) is 0 Å². The predicted octanol–water partition coefficient (Wildman–Crippen LogP) is 4.79. The minimum atomic E-state index is -0.264. The maximum atomic E-state index is 13.3. The summed E-state index contributed by atoms with van der Waals surface area (Å²) in [7, 11) is 0. The van der Waals surface area contributed by atoms with Crippen LogP contribution in [0, 0.1) is 12.7 Å².